The first-order valence-electron chi connectivity index (χ1n) is 5.67. The third-order valence-corrected chi connectivity index (χ3v) is 3.71. The van der Waals surface area contributed by atoms with Gasteiger partial charge < -0.3 is 10.5 Å². The zero-order valence-corrected chi connectivity index (χ0v) is 11.5. The standard InChI is InChI=1S/C13H14FN3OS/c1-7-8(2)19-12(17-7)6-18-11-4-3-9(13(15)16)5-10(11)14/h3-5H,6H2,1-2H3,(H3,15,16). The zero-order valence-electron chi connectivity index (χ0n) is 10.7. The number of aryl methyl sites for hydroxylation is 2. The number of aromatic nitrogens is 1. The van der Waals surface area contributed by atoms with Gasteiger partial charge in [-0.1, -0.05) is 0 Å². The number of thiazole rings is 1. The minimum absolute atomic E-state index is 0.135. The number of amidine groups is 1. The van der Waals surface area contributed by atoms with Crippen LogP contribution in [0.2, 0.25) is 0 Å². The van der Waals surface area contributed by atoms with Gasteiger partial charge in [0, 0.05) is 10.4 Å². The Morgan fingerprint density at radius 1 is 1.47 bits per heavy atom. The predicted molar refractivity (Wildman–Crippen MR) is 73.3 cm³/mol. The molecule has 0 radical (unpaired) electrons. The number of nitrogens with one attached hydrogen (secondary N) is 1. The lowest BCUT2D eigenvalue weighted by molar-refractivity contribution is 0.289. The molecular formula is C13H14FN3OS. The lowest BCUT2D eigenvalue weighted by Crippen LogP contribution is -2.11. The fraction of sp³-hybridized carbons (Fsp3) is 0.231. The predicted octanol–water partition coefficient (Wildman–Crippen LogP) is 2.76. The zero-order chi connectivity index (χ0) is 14.0. The number of hydrogen-bond donors (Lipinski definition) is 2. The van der Waals surface area contributed by atoms with Gasteiger partial charge in [0.1, 0.15) is 17.5 Å². The van der Waals surface area contributed by atoms with Gasteiger partial charge in [0.2, 0.25) is 0 Å². The topological polar surface area (TPSA) is 72.0 Å². The normalized spacial score (nSPS) is 10.5. The van der Waals surface area contributed by atoms with Gasteiger partial charge in [-0.25, -0.2) is 9.37 Å². The van der Waals surface area contributed by atoms with E-state index in [0.717, 1.165) is 15.6 Å². The van der Waals surface area contributed by atoms with Crippen LogP contribution in [0.25, 0.3) is 0 Å². The molecule has 6 heteroatoms. The highest BCUT2D eigenvalue weighted by molar-refractivity contribution is 7.11. The van der Waals surface area contributed by atoms with Crippen molar-refractivity contribution in [3.05, 3.63) is 45.2 Å². The molecule has 4 nitrogen and oxygen atoms in total. The van der Waals surface area contributed by atoms with Gasteiger partial charge in [0.05, 0.1) is 5.69 Å². The Labute approximate surface area is 114 Å². The Balaban J connectivity index is 2.09. The molecule has 0 aliphatic heterocycles. The van der Waals surface area contributed by atoms with Crippen LogP contribution in [0.5, 0.6) is 5.75 Å². The molecule has 19 heavy (non-hydrogen) atoms. The number of ether oxygens (including phenoxy) is 1. The van der Waals surface area contributed by atoms with Crippen molar-refractivity contribution in [1.29, 1.82) is 5.41 Å². The SMILES string of the molecule is Cc1nc(COc2ccc(C(=N)N)cc2F)sc1C. The monoisotopic (exact) mass is 279 g/mol. The van der Waals surface area contributed by atoms with Crippen LogP contribution in [0, 0.1) is 25.1 Å². The molecule has 1 aromatic heterocycles. The molecule has 0 saturated carbocycles. The third-order valence-electron chi connectivity index (χ3n) is 2.67. The Kier molecular flexibility index (Phi) is 3.80. The van der Waals surface area contributed by atoms with Gasteiger partial charge in [0.25, 0.3) is 0 Å². The van der Waals surface area contributed by atoms with Crippen LogP contribution in [0.1, 0.15) is 21.1 Å². The summed E-state index contributed by atoms with van der Waals surface area (Å²) in [4.78, 5) is 5.45. The van der Waals surface area contributed by atoms with Gasteiger partial charge >= 0.3 is 0 Å². The summed E-state index contributed by atoms with van der Waals surface area (Å²) < 4.78 is 19.1. The summed E-state index contributed by atoms with van der Waals surface area (Å²) in [7, 11) is 0. The van der Waals surface area contributed by atoms with E-state index in [1.165, 1.54) is 23.5 Å². The maximum atomic E-state index is 13.7. The van der Waals surface area contributed by atoms with Crippen molar-refractivity contribution in [2.75, 3.05) is 0 Å². The van der Waals surface area contributed by atoms with E-state index in [9.17, 15) is 4.39 Å². The molecular weight excluding hydrogens is 265 g/mol. The van der Waals surface area contributed by atoms with Crippen molar-refractivity contribution in [3.63, 3.8) is 0 Å². The molecule has 0 saturated heterocycles. The molecule has 1 heterocycles. The first-order valence-corrected chi connectivity index (χ1v) is 6.48. The fourth-order valence-electron chi connectivity index (χ4n) is 1.53. The number of hydrogen-bond acceptors (Lipinski definition) is 4. The Bertz CT molecular complexity index is 605. The maximum absolute atomic E-state index is 13.7. The smallest absolute Gasteiger partial charge is 0.165 e. The van der Waals surface area contributed by atoms with E-state index in [4.69, 9.17) is 15.9 Å². The van der Waals surface area contributed by atoms with Crippen LogP contribution in [-0.2, 0) is 6.61 Å². The summed E-state index contributed by atoms with van der Waals surface area (Å²) in [6.07, 6.45) is 0. The maximum Gasteiger partial charge on any atom is 0.165 e. The average molecular weight is 279 g/mol. The lowest BCUT2D eigenvalue weighted by atomic mass is 10.2. The Hall–Kier alpha value is -1.95. The van der Waals surface area contributed by atoms with E-state index in [1.54, 1.807) is 6.07 Å². The van der Waals surface area contributed by atoms with Crippen LogP contribution in [0.4, 0.5) is 4.39 Å². The highest BCUT2D eigenvalue weighted by Crippen LogP contribution is 2.22. The second kappa shape index (κ2) is 5.36. The number of nitrogens with zero attached hydrogens (tertiary/aromatic N) is 1. The summed E-state index contributed by atoms with van der Waals surface area (Å²) in [6, 6.07) is 4.22. The number of benzene rings is 1. The van der Waals surface area contributed by atoms with Crippen LogP contribution in [0.3, 0.4) is 0 Å². The van der Waals surface area contributed by atoms with E-state index in [-0.39, 0.29) is 18.2 Å². The highest BCUT2D eigenvalue weighted by atomic mass is 32.1. The molecule has 2 aromatic rings. The number of halogens is 1. The van der Waals surface area contributed by atoms with Crippen LogP contribution in [-0.4, -0.2) is 10.8 Å². The molecule has 0 atom stereocenters. The van der Waals surface area contributed by atoms with E-state index >= 15 is 0 Å². The molecule has 0 amide bonds. The molecule has 0 aliphatic rings. The first kappa shape index (κ1) is 13.5. The Morgan fingerprint density at radius 3 is 2.74 bits per heavy atom. The minimum atomic E-state index is -0.530. The van der Waals surface area contributed by atoms with Crippen LogP contribution in [0.15, 0.2) is 18.2 Å². The third kappa shape index (κ3) is 3.08. The molecule has 0 aliphatic carbocycles. The summed E-state index contributed by atoms with van der Waals surface area (Å²) in [5.74, 6) is -0.565. The molecule has 100 valence electrons. The highest BCUT2D eigenvalue weighted by Gasteiger charge is 2.09. The van der Waals surface area contributed by atoms with Gasteiger partial charge in [-0.2, -0.15) is 0 Å². The van der Waals surface area contributed by atoms with Crippen molar-refractivity contribution in [1.82, 2.24) is 4.98 Å². The van der Waals surface area contributed by atoms with Crippen molar-refractivity contribution < 1.29 is 9.13 Å². The number of rotatable bonds is 4. The second-order valence-electron chi connectivity index (χ2n) is 4.10. The van der Waals surface area contributed by atoms with E-state index < -0.39 is 5.82 Å². The summed E-state index contributed by atoms with van der Waals surface area (Å²) in [5.41, 5.74) is 6.59. The summed E-state index contributed by atoms with van der Waals surface area (Å²) in [5, 5.41) is 8.04. The molecule has 1 aromatic carbocycles. The van der Waals surface area contributed by atoms with Crippen molar-refractivity contribution in [2.24, 2.45) is 5.73 Å². The average Bonchev–Trinajstić information content (AvgIpc) is 2.67. The molecule has 0 unspecified atom stereocenters. The van der Waals surface area contributed by atoms with Gasteiger partial charge in [-0.3, -0.25) is 5.41 Å². The van der Waals surface area contributed by atoms with Crippen molar-refractivity contribution >= 4 is 17.2 Å². The lowest BCUT2D eigenvalue weighted by Gasteiger charge is -2.06. The molecule has 3 N–H and O–H groups in total. The van der Waals surface area contributed by atoms with Gasteiger partial charge in [0.15, 0.2) is 11.6 Å². The van der Waals surface area contributed by atoms with Gasteiger partial charge in [-0.15, -0.1) is 11.3 Å². The molecule has 2 rings (SSSR count). The quantitative estimate of drug-likeness (QED) is 0.667. The van der Waals surface area contributed by atoms with E-state index in [2.05, 4.69) is 4.98 Å². The van der Waals surface area contributed by atoms with Crippen LogP contribution >= 0.6 is 11.3 Å². The van der Waals surface area contributed by atoms with Crippen LogP contribution < -0.4 is 10.5 Å². The molecule has 0 spiro atoms. The minimum Gasteiger partial charge on any atom is -0.483 e. The number of nitrogen functional groups attached to an aromatic ring is 1. The van der Waals surface area contributed by atoms with Gasteiger partial charge in [-0.05, 0) is 32.0 Å². The molecule has 0 bridgehead atoms. The van der Waals surface area contributed by atoms with Crippen molar-refractivity contribution in [2.45, 2.75) is 20.5 Å². The Morgan fingerprint density at radius 2 is 2.21 bits per heavy atom. The summed E-state index contributed by atoms with van der Waals surface area (Å²) >= 11 is 1.53. The molecule has 0 fully saturated rings. The first-order chi connectivity index (χ1) is 8.97. The fourth-order valence-corrected chi connectivity index (χ4v) is 2.37. The van der Waals surface area contributed by atoms with E-state index in [1.807, 2.05) is 13.8 Å². The largest absolute Gasteiger partial charge is 0.483 e. The number of nitrogens with two attached hydrogens (primary N) is 1. The summed E-state index contributed by atoms with van der Waals surface area (Å²) in [6.45, 7) is 4.14. The van der Waals surface area contributed by atoms with E-state index in [0.29, 0.717) is 5.56 Å². The second-order valence-corrected chi connectivity index (χ2v) is 5.38. The van der Waals surface area contributed by atoms with Crippen molar-refractivity contribution in [3.8, 4) is 5.75 Å².